The van der Waals surface area contributed by atoms with Crippen LogP contribution in [0.15, 0.2) is 24.4 Å². The molecule has 1 fully saturated rings. The Morgan fingerprint density at radius 3 is 2.76 bits per heavy atom. The molecule has 2 rings (SSSR count). The fourth-order valence-electron chi connectivity index (χ4n) is 3.02. The van der Waals surface area contributed by atoms with Gasteiger partial charge in [-0.1, -0.05) is 18.9 Å². The average Bonchev–Trinajstić information content (AvgIpc) is 2.96. The SMILES string of the molecule is CC(C(=O)Nc1ccccn1)N(C)CC1(CO)CCCC1. The molecule has 21 heavy (non-hydrogen) atoms. The minimum atomic E-state index is -0.254. The van der Waals surface area contributed by atoms with Crippen molar-refractivity contribution in [3.8, 4) is 0 Å². The van der Waals surface area contributed by atoms with E-state index in [1.54, 1.807) is 12.3 Å². The number of anilines is 1. The summed E-state index contributed by atoms with van der Waals surface area (Å²) >= 11 is 0. The van der Waals surface area contributed by atoms with Crippen LogP contribution in [0.4, 0.5) is 5.82 Å². The van der Waals surface area contributed by atoms with E-state index in [2.05, 4.69) is 10.3 Å². The molecule has 0 spiro atoms. The topological polar surface area (TPSA) is 65.5 Å². The normalized spacial score (nSPS) is 18.7. The minimum Gasteiger partial charge on any atom is -0.396 e. The second-order valence-corrected chi connectivity index (χ2v) is 6.16. The Bertz CT molecular complexity index is 458. The molecule has 0 aliphatic heterocycles. The van der Waals surface area contributed by atoms with Crippen molar-refractivity contribution in [3.05, 3.63) is 24.4 Å². The van der Waals surface area contributed by atoms with E-state index in [4.69, 9.17) is 0 Å². The van der Waals surface area contributed by atoms with Crippen LogP contribution < -0.4 is 5.32 Å². The third kappa shape index (κ3) is 4.02. The van der Waals surface area contributed by atoms with Crippen LogP contribution in [0.25, 0.3) is 0 Å². The number of pyridine rings is 1. The zero-order valence-electron chi connectivity index (χ0n) is 12.9. The predicted molar refractivity (Wildman–Crippen MR) is 82.9 cm³/mol. The molecule has 1 unspecified atom stereocenters. The van der Waals surface area contributed by atoms with E-state index in [0.29, 0.717) is 5.82 Å². The van der Waals surface area contributed by atoms with E-state index >= 15 is 0 Å². The van der Waals surface area contributed by atoms with Crippen LogP contribution in [-0.4, -0.2) is 47.1 Å². The summed E-state index contributed by atoms with van der Waals surface area (Å²) in [6.45, 7) is 2.84. The lowest BCUT2D eigenvalue weighted by Gasteiger charge is -2.34. The smallest absolute Gasteiger partial charge is 0.242 e. The van der Waals surface area contributed by atoms with Gasteiger partial charge in [0.1, 0.15) is 5.82 Å². The number of nitrogens with one attached hydrogen (secondary N) is 1. The van der Waals surface area contributed by atoms with Gasteiger partial charge in [-0.25, -0.2) is 4.98 Å². The van der Waals surface area contributed by atoms with Gasteiger partial charge >= 0.3 is 0 Å². The lowest BCUT2D eigenvalue weighted by molar-refractivity contribution is -0.121. The van der Waals surface area contributed by atoms with Crippen LogP contribution in [0.5, 0.6) is 0 Å². The molecule has 0 saturated heterocycles. The first kappa shape index (κ1) is 15.9. The number of aliphatic hydroxyl groups excluding tert-OH is 1. The number of nitrogens with zero attached hydrogens (tertiary/aromatic N) is 2. The summed E-state index contributed by atoms with van der Waals surface area (Å²) in [6.07, 6.45) is 6.08. The number of hydrogen-bond donors (Lipinski definition) is 2. The number of likely N-dealkylation sites (N-methyl/N-ethyl adjacent to an activating group) is 1. The van der Waals surface area contributed by atoms with Crippen LogP contribution in [0.2, 0.25) is 0 Å². The van der Waals surface area contributed by atoms with Gasteiger partial charge in [0.2, 0.25) is 5.91 Å². The monoisotopic (exact) mass is 291 g/mol. The highest BCUT2D eigenvalue weighted by Gasteiger charge is 2.35. The van der Waals surface area contributed by atoms with Crippen molar-refractivity contribution in [1.29, 1.82) is 0 Å². The zero-order chi connectivity index (χ0) is 15.3. The summed E-state index contributed by atoms with van der Waals surface area (Å²) in [5.41, 5.74) is -0.0334. The maximum atomic E-state index is 12.3. The van der Waals surface area contributed by atoms with Crippen LogP contribution in [0.1, 0.15) is 32.6 Å². The highest BCUT2D eigenvalue weighted by Crippen LogP contribution is 2.38. The molecule has 1 aromatic rings. The molecule has 0 aromatic carbocycles. The average molecular weight is 291 g/mol. The molecule has 1 aliphatic rings. The Morgan fingerprint density at radius 2 is 2.19 bits per heavy atom. The lowest BCUT2D eigenvalue weighted by Crippen LogP contribution is -2.45. The molecular formula is C16H25N3O2. The Labute approximate surface area is 126 Å². The van der Waals surface area contributed by atoms with E-state index in [-0.39, 0.29) is 24.0 Å². The quantitative estimate of drug-likeness (QED) is 0.840. The number of carbonyl (C=O) groups is 1. The maximum absolute atomic E-state index is 12.3. The van der Waals surface area contributed by atoms with Gasteiger partial charge in [-0.05, 0) is 38.9 Å². The number of rotatable bonds is 6. The largest absolute Gasteiger partial charge is 0.396 e. The van der Waals surface area contributed by atoms with E-state index in [0.717, 1.165) is 19.4 Å². The van der Waals surface area contributed by atoms with Crippen molar-refractivity contribution in [1.82, 2.24) is 9.88 Å². The summed E-state index contributed by atoms with van der Waals surface area (Å²) in [5.74, 6) is 0.503. The molecule has 0 radical (unpaired) electrons. The van der Waals surface area contributed by atoms with Crippen molar-refractivity contribution in [2.24, 2.45) is 5.41 Å². The second-order valence-electron chi connectivity index (χ2n) is 6.16. The number of aromatic nitrogens is 1. The van der Waals surface area contributed by atoms with Crippen LogP contribution in [0.3, 0.4) is 0 Å². The Balaban J connectivity index is 1.92. The van der Waals surface area contributed by atoms with E-state index in [9.17, 15) is 9.90 Å². The molecule has 5 heteroatoms. The van der Waals surface area contributed by atoms with Gasteiger partial charge in [-0.3, -0.25) is 9.69 Å². The highest BCUT2D eigenvalue weighted by atomic mass is 16.3. The molecule has 5 nitrogen and oxygen atoms in total. The fourth-order valence-corrected chi connectivity index (χ4v) is 3.02. The van der Waals surface area contributed by atoms with Crippen LogP contribution in [-0.2, 0) is 4.79 Å². The molecule has 0 bridgehead atoms. The Kier molecular flexibility index (Phi) is 5.31. The fraction of sp³-hybridized carbons (Fsp3) is 0.625. The molecule has 116 valence electrons. The van der Waals surface area contributed by atoms with E-state index in [1.165, 1.54) is 12.8 Å². The first-order valence-corrected chi connectivity index (χ1v) is 7.59. The van der Waals surface area contributed by atoms with Crippen LogP contribution in [0, 0.1) is 5.41 Å². The number of hydrogen-bond acceptors (Lipinski definition) is 4. The molecule has 1 heterocycles. The summed E-state index contributed by atoms with van der Waals surface area (Å²) < 4.78 is 0. The van der Waals surface area contributed by atoms with Gasteiger partial charge in [0, 0.05) is 24.8 Å². The summed E-state index contributed by atoms with van der Waals surface area (Å²) in [7, 11) is 1.94. The predicted octanol–water partition coefficient (Wildman–Crippen LogP) is 1.89. The summed E-state index contributed by atoms with van der Waals surface area (Å²) in [4.78, 5) is 18.4. The van der Waals surface area contributed by atoms with Crippen molar-refractivity contribution < 1.29 is 9.90 Å². The molecule has 1 aromatic heterocycles. The summed E-state index contributed by atoms with van der Waals surface area (Å²) in [5, 5.41) is 12.5. The first-order valence-electron chi connectivity index (χ1n) is 7.59. The molecular weight excluding hydrogens is 266 g/mol. The molecule has 2 N–H and O–H groups in total. The van der Waals surface area contributed by atoms with Gasteiger partial charge in [-0.2, -0.15) is 0 Å². The standard InChI is InChI=1S/C16H25N3O2/c1-13(15(21)18-14-7-3-6-10-17-14)19(2)11-16(12-20)8-4-5-9-16/h3,6-7,10,13,20H,4-5,8-9,11-12H2,1-2H3,(H,17,18,21). The first-order chi connectivity index (χ1) is 10.1. The van der Waals surface area contributed by atoms with Crippen molar-refractivity contribution >= 4 is 11.7 Å². The maximum Gasteiger partial charge on any atom is 0.242 e. The number of carbonyl (C=O) groups excluding carboxylic acids is 1. The third-order valence-electron chi connectivity index (χ3n) is 4.54. The highest BCUT2D eigenvalue weighted by molar-refractivity contribution is 5.93. The second kappa shape index (κ2) is 7.00. The lowest BCUT2D eigenvalue weighted by atomic mass is 9.86. The van der Waals surface area contributed by atoms with Gasteiger partial charge in [-0.15, -0.1) is 0 Å². The summed E-state index contributed by atoms with van der Waals surface area (Å²) in [6, 6.07) is 5.18. The van der Waals surface area contributed by atoms with Crippen molar-refractivity contribution in [3.63, 3.8) is 0 Å². The van der Waals surface area contributed by atoms with Crippen molar-refractivity contribution in [2.75, 3.05) is 25.5 Å². The molecule has 1 saturated carbocycles. The molecule has 1 atom stereocenters. The van der Waals surface area contributed by atoms with Gasteiger partial charge < -0.3 is 10.4 Å². The van der Waals surface area contributed by atoms with Gasteiger partial charge in [0.25, 0.3) is 0 Å². The Morgan fingerprint density at radius 1 is 1.48 bits per heavy atom. The number of amides is 1. The third-order valence-corrected chi connectivity index (χ3v) is 4.54. The molecule has 1 amide bonds. The molecule has 1 aliphatic carbocycles. The van der Waals surface area contributed by atoms with Gasteiger partial charge in [0.15, 0.2) is 0 Å². The van der Waals surface area contributed by atoms with E-state index < -0.39 is 0 Å². The van der Waals surface area contributed by atoms with Gasteiger partial charge in [0.05, 0.1) is 6.04 Å². The number of aliphatic hydroxyl groups is 1. The minimum absolute atomic E-state index is 0.0334. The Hall–Kier alpha value is -1.46. The zero-order valence-corrected chi connectivity index (χ0v) is 12.9. The van der Waals surface area contributed by atoms with E-state index in [1.807, 2.05) is 31.0 Å². The van der Waals surface area contributed by atoms with Crippen LogP contribution >= 0.6 is 0 Å². The van der Waals surface area contributed by atoms with Crippen molar-refractivity contribution in [2.45, 2.75) is 38.6 Å².